The summed E-state index contributed by atoms with van der Waals surface area (Å²) in [4.78, 5) is 5.23. The smallest absolute Gasteiger partial charge is 0.0277 e. The standard InChI is InChI=1S/C18H37N3/c1-7-19-16-15(9-8-10-17(16,2)3)13-21-12-11-20(6)18(4,5)14-21/h15-16,19H,7-14H2,1-6H3. The number of hydrogen-bond donors (Lipinski definition) is 1. The summed E-state index contributed by atoms with van der Waals surface area (Å²) < 4.78 is 0. The van der Waals surface area contributed by atoms with Crippen LogP contribution in [0.1, 0.15) is 53.9 Å². The van der Waals surface area contributed by atoms with Crippen LogP contribution in [0.4, 0.5) is 0 Å². The molecule has 1 N–H and O–H groups in total. The van der Waals surface area contributed by atoms with E-state index >= 15 is 0 Å². The number of rotatable bonds is 4. The van der Waals surface area contributed by atoms with E-state index in [1.54, 1.807) is 0 Å². The minimum absolute atomic E-state index is 0.316. The molecule has 2 rings (SSSR count). The van der Waals surface area contributed by atoms with Crippen LogP contribution in [0.2, 0.25) is 0 Å². The van der Waals surface area contributed by atoms with Crippen LogP contribution < -0.4 is 5.32 Å². The largest absolute Gasteiger partial charge is 0.313 e. The van der Waals surface area contributed by atoms with Crippen molar-refractivity contribution in [2.24, 2.45) is 11.3 Å². The molecule has 0 aromatic carbocycles. The Morgan fingerprint density at radius 2 is 1.86 bits per heavy atom. The molecule has 0 radical (unpaired) electrons. The molecule has 1 saturated carbocycles. The maximum Gasteiger partial charge on any atom is 0.0277 e. The van der Waals surface area contributed by atoms with Gasteiger partial charge in [0, 0.05) is 37.8 Å². The molecule has 1 heterocycles. The van der Waals surface area contributed by atoms with Crippen LogP contribution in [0.15, 0.2) is 0 Å². The third kappa shape index (κ3) is 4.00. The van der Waals surface area contributed by atoms with Crippen molar-refractivity contribution in [2.45, 2.75) is 65.5 Å². The maximum absolute atomic E-state index is 3.81. The molecule has 3 nitrogen and oxygen atoms in total. The lowest BCUT2D eigenvalue weighted by Gasteiger charge is -2.49. The van der Waals surface area contributed by atoms with Crippen molar-refractivity contribution in [3.05, 3.63) is 0 Å². The first-order valence-corrected chi connectivity index (χ1v) is 8.93. The summed E-state index contributed by atoms with van der Waals surface area (Å²) >= 11 is 0. The molecule has 2 fully saturated rings. The van der Waals surface area contributed by atoms with E-state index < -0.39 is 0 Å². The molecule has 0 amide bonds. The predicted molar refractivity (Wildman–Crippen MR) is 91.7 cm³/mol. The van der Waals surface area contributed by atoms with E-state index in [-0.39, 0.29) is 0 Å². The SMILES string of the molecule is CCNC1C(CN2CCN(C)C(C)(C)C2)CCCC1(C)C. The first-order valence-electron chi connectivity index (χ1n) is 8.93. The van der Waals surface area contributed by atoms with Crippen LogP contribution in [-0.2, 0) is 0 Å². The zero-order chi connectivity index (χ0) is 15.7. The molecule has 21 heavy (non-hydrogen) atoms. The van der Waals surface area contributed by atoms with Crippen molar-refractivity contribution in [3.8, 4) is 0 Å². The van der Waals surface area contributed by atoms with Crippen molar-refractivity contribution < 1.29 is 0 Å². The molecule has 3 heteroatoms. The van der Waals surface area contributed by atoms with Crippen LogP contribution in [0.3, 0.4) is 0 Å². The second kappa shape index (κ2) is 6.55. The third-order valence-electron chi connectivity index (χ3n) is 6.02. The lowest BCUT2D eigenvalue weighted by molar-refractivity contribution is 0.0120. The first-order chi connectivity index (χ1) is 9.76. The quantitative estimate of drug-likeness (QED) is 0.860. The number of nitrogens with one attached hydrogen (secondary N) is 1. The van der Waals surface area contributed by atoms with Crippen LogP contribution in [-0.4, -0.2) is 61.2 Å². The highest BCUT2D eigenvalue weighted by Gasteiger charge is 2.40. The molecule has 2 aliphatic rings. The second-order valence-corrected chi connectivity index (χ2v) is 8.65. The summed E-state index contributed by atoms with van der Waals surface area (Å²) in [6.45, 7) is 17.9. The lowest BCUT2D eigenvalue weighted by Crippen LogP contribution is -2.60. The van der Waals surface area contributed by atoms with Gasteiger partial charge in [0.1, 0.15) is 0 Å². The molecular weight excluding hydrogens is 258 g/mol. The summed E-state index contributed by atoms with van der Waals surface area (Å²) in [7, 11) is 2.27. The van der Waals surface area contributed by atoms with E-state index in [9.17, 15) is 0 Å². The Morgan fingerprint density at radius 1 is 1.14 bits per heavy atom. The van der Waals surface area contributed by atoms with Gasteiger partial charge in [0.25, 0.3) is 0 Å². The minimum atomic E-state index is 0.316. The highest BCUT2D eigenvalue weighted by molar-refractivity contribution is 4.96. The normalized spacial score (nSPS) is 34.0. The van der Waals surface area contributed by atoms with Gasteiger partial charge in [0.15, 0.2) is 0 Å². The molecule has 2 unspecified atom stereocenters. The van der Waals surface area contributed by atoms with E-state index in [0.717, 1.165) is 12.5 Å². The fourth-order valence-electron chi connectivity index (χ4n) is 4.47. The van der Waals surface area contributed by atoms with E-state index in [1.165, 1.54) is 45.4 Å². The summed E-state index contributed by atoms with van der Waals surface area (Å²) in [6.07, 6.45) is 4.17. The van der Waals surface area contributed by atoms with Gasteiger partial charge in [0.2, 0.25) is 0 Å². The van der Waals surface area contributed by atoms with E-state index in [0.29, 0.717) is 17.0 Å². The molecule has 0 spiro atoms. The average molecular weight is 296 g/mol. The van der Waals surface area contributed by atoms with Crippen molar-refractivity contribution in [1.29, 1.82) is 0 Å². The molecule has 124 valence electrons. The Balaban J connectivity index is 2.00. The number of nitrogens with zero attached hydrogens (tertiary/aromatic N) is 2. The Hall–Kier alpha value is -0.120. The Bertz CT molecular complexity index is 337. The van der Waals surface area contributed by atoms with Crippen LogP contribution in [0.25, 0.3) is 0 Å². The number of piperazine rings is 1. The summed E-state index contributed by atoms with van der Waals surface area (Å²) in [5, 5.41) is 3.81. The fourth-order valence-corrected chi connectivity index (χ4v) is 4.47. The Kier molecular flexibility index (Phi) is 5.38. The highest BCUT2D eigenvalue weighted by atomic mass is 15.3. The Labute approximate surface area is 132 Å². The second-order valence-electron chi connectivity index (χ2n) is 8.65. The summed E-state index contributed by atoms with van der Waals surface area (Å²) in [5.74, 6) is 0.813. The van der Waals surface area contributed by atoms with Gasteiger partial charge in [-0.2, -0.15) is 0 Å². The number of likely N-dealkylation sites (N-methyl/N-ethyl adjacent to an activating group) is 1. The van der Waals surface area contributed by atoms with Gasteiger partial charge in [-0.1, -0.05) is 27.2 Å². The molecule has 0 aromatic heterocycles. The van der Waals surface area contributed by atoms with Crippen LogP contribution in [0.5, 0.6) is 0 Å². The van der Waals surface area contributed by atoms with Crippen molar-refractivity contribution >= 4 is 0 Å². The highest BCUT2D eigenvalue weighted by Crippen LogP contribution is 2.39. The molecule has 0 bridgehead atoms. The van der Waals surface area contributed by atoms with Gasteiger partial charge in [-0.25, -0.2) is 0 Å². The molecule has 0 aromatic rings. The van der Waals surface area contributed by atoms with Gasteiger partial charge < -0.3 is 5.32 Å². The van der Waals surface area contributed by atoms with E-state index in [2.05, 4.69) is 56.8 Å². The summed E-state index contributed by atoms with van der Waals surface area (Å²) in [6, 6.07) is 0.680. The van der Waals surface area contributed by atoms with Crippen molar-refractivity contribution in [2.75, 3.05) is 39.8 Å². The lowest BCUT2D eigenvalue weighted by atomic mass is 9.67. The maximum atomic E-state index is 3.81. The molecule has 2 atom stereocenters. The van der Waals surface area contributed by atoms with Crippen LogP contribution >= 0.6 is 0 Å². The van der Waals surface area contributed by atoms with Gasteiger partial charge in [-0.05, 0) is 51.6 Å². The van der Waals surface area contributed by atoms with E-state index in [1.807, 2.05) is 0 Å². The summed E-state index contributed by atoms with van der Waals surface area (Å²) in [5.41, 5.74) is 0.761. The molecule has 1 saturated heterocycles. The fraction of sp³-hybridized carbons (Fsp3) is 1.00. The molecular formula is C18H37N3. The first kappa shape index (κ1) is 17.2. The Morgan fingerprint density at radius 3 is 2.48 bits per heavy atom. The third-order valence-corrected chi connectivity index (χ3v) is 6.02. The topological polar surface area (TPSA) is 18.5 Å². The van der Waals surface area contributed by atoms with Gasteiger partial charge >= 0.3 is 0 Å². The zero-order valence-corrected chi connectivity index (χ0v) is 15.2. The monoisotopic (exact) mass is 295 g/mol. The minimum Gasteiger partial charge on any atom is -0.313 e. The molecule has 1 aliphatic heterocycles. The van der Waals surface area contributed by atoms with Gasteiger partial charge in [0.05, 0.1) is 0 Å². The van der Waals surface area contributed by atoms with Crippen LogP contribution in [0, 0.1) is 11.3 Å². The number of hydrogen-bond acceptors (Lipinski definition) is 3. The van der Waals surface area contributed by atoms with Gasteiger partial charge in [-0.15, -0.1) is 0 Å². The predicted octanol–water partition coefficient (Wildman–Crippen LogP) is 2.82. The van der Waals surface area contributed by atoms with Gasteiger partial charge in [-0.3, -0.25) is 9.80 Å². The van der Waals surface area contributed by atoms with Crippen molar-refractivity contribution in [3.63, 3.8) is 0 Å². The van der Waals surface area contributed by atoms with Crippen molar-refractivity contribution in [1.82, 2.24) is 15.1 Å². The molecule has 1 aliphatic carbocycles. The average Bonchev–Trinajstić information content (AvgIpc) is 2.37. The van der Waals surface area contributed by atoms with E-state index in [4.69, 9.17) is 0 Å². The zero-order valence-electron chi connectivity index (χ0n) is 15.2.